The highest BCUT2D eigenvalue weighted by Crippen LogP contribution is 2.32. The molecule has 0 atom stereocenters. The highest BCUT2D eigenvalue weighted by atomic mass is 32.2. The Hall–Kier alpha value is -1.82. The fourth-order valence-electron chi connectivity index (χ4n) is 2.26. The molecule has 23 heavy (non-hydrogen) atoms. The number of hydrogen-bond acceptors (Lipinski definition) is 5. The van der Waals surface area contributed by atoms with Crippen molar-refractivity contribution >= 4 is 17.5 Å². The van der Waals surface area contributed by atoms with Crippen LogP contribution in [-0.4, -0.2) is 32.4 Å². The van der Waals surface area contributed by atoms with E-state index in [-0.39, 0.29) is 11.5 Å². The van der Waals surface area contributed by atoms with Gasteiger partial charge in [-0.25, -0.2) is 0 Å². The molecule has 6 heteroatoms. The predicted octanol–water partition coefficient (Wildman–Crippen LogP) is 4.09. The first-order valence-electron chi connectivity index (χ1n) is 7.78. The summed E-state index contributed by atoms with van der Waals surface area (Å²) in [6.45, 7) is 10.6. The molecular weight excluding hydrogens is 308 g/mol. The lowest BCUT2D eigenvalue weighted by Crippen LogP contribution is -2.26. The Morgan fingerprint density at radius 1 is 1.22 bits per heavy atom. The summed E-state index contributed by atoms with van der Waals surface area (Å²) in [7, 11) is 0. The lowest BCUT2D eigenvalue weighted by atomic mass is 9.91. The number of nitrogens with zero attached hydrogens (tertiary/aromatic N) is 4. The fourth-order valence-corrected chi connectivity index (χ4v) is 3.36. The first kappa shape index (κ1) is 16.1. The molecule has 1 aromatic carbocycles. The maximum Gasteiger partial charge on any atom is 0.212 e. The van der Waals surface area contributed by atoms with Crippen molar-refractivity contribution in [2.75, 3.05) is 5.75 Å². The predicted molar refractivity (Wildman–Crippen MR) is 94.2 cm³/mol. The lowest BCUT2D eigenvalue weighted by Gasteiger charge is -2.24. The van der Waals surface area contributed by atoms with Crippen LogP contribution in [0, 0.1) is 5.41 Å². The molecule has 0 amide bonds. The average Bonchev–Trinajstić information content (AvgIpc) is 2.89. The SMILES string of the molecule is CC(C)Oc1cccc(-c2nnc3n2N=C(C(C)(C)C)CS3)c1. The van der Waals surface area contributed by atoms with E-state index in [1.807, 2.05) is 42.8 Å². The first-order chi connectivity index (χ1) is 10.8. The van der Waals surface area contributed by atoms with Crippen LogP contribution in [0.5, 0.6) is 5.75 Å². The van der Waals surface area contributed by atoms with Gasteiger partial charge in [-0.05, 0) is 26.0 Å². The van der Waals surface area contributed by atoms with E-state index in [4.69, 9.17) is 9.84 Å². The normalized spacial score (nSPS) is 14.6. The monoisotopic (exact) mass is 330 g/mol. The molecule has 0 aliphatic carbocycles. The number of hydrogen-bond donors (Lipinski definition) is 0. The largest absolute Gasteiger partial charge is 0.491 e. The van der Waals surface area contributed by atoms with Gasteiger partial charge in [-0.3, -0.25) is 0 Å². The van der Waals surface area contributed by atoms with E-state index < -0.39 is 0 Å². The van der Waals surface area contributed by atoms with Crippen molar-refractivity contribution in [1.82, 2.24) is 14.9 Å². The molecule has 2 aromatic rings. The van der Waals surface area contributed by atoms with Crippen LogP contribution in [0.3, 0.4) is 0 Å². The molecule has 1 aromatic heterocycles. The highest BCUT2D eigenvalue weighted by molar-refractivity contribution is 7.99. The molecule has 0 bridgehead atoms. The van der Waals surface area contributed by atoms with E-state index in [9.17, 15) is 0 Å². The average molecular weight is 330 g/mol. The van der Waals surface area contributed by atoms with Crippen LogP contribution >= 0.6 is 11.8 Å². The van der Waals surface area contributed by atoms with Crippen LogP contribution < -0.4 is 4.74 Å². The van der Waals surface area contributed by atoms with Crippen molar-refractivity contribution in [3.63, 3.8) is 0 Å². The summed E-state index contributed by atoms with van der Waals surface area (Å²) >= 11 is 1.68. The Morgan fingerprint density at radius 3 is 2.70 bits per heavy atom. The fraction of sp³-hybridized carbons (Fsp3) is 0.471. The van der Waals surface area contributed by atoms with Gasteiger partial charge in [0.15, 0.2) is 5.82 Å². The third kappa shape index (κ3) is 3.42. The summed E-state index contributed by atoms with van der Waals surface area (Å²) in [5, 5.41) is 14.2. The molecule has 0 saturated heterocycles. The molecule has 0 radical (unpaired) electrons. The van der Waals surface area contributed by atoms with E-state index >= 15 is 0 Å². The molecule has 5 nitrogen and oxygen atoms in total. The zero-order valence-corrected chi connectivity index (χ0v) is 15.0. The molecule has 0 N–H and O–H groups in total. The molecule has 1 aliphatic rings. The van der Waals surface area contributed by atoms with Gasteiger partial charge in [0.25, 0.3) is 0 Å². The Kier molecular flexibility index (Phi) is 4.19. The number of benzene rings is 1. The zero-order valence-electron chi connectivity index (χ0n) is 14.2. The Morgan fingerprint density at radius 2 is 2.00 bits per heavy atom. The van der Waals surface area contributed by atoms with E-state index in [1.165, 1.54) is 0 Å². The molecule has 0 saturated carbocycles. The van der Waals surface area contributed by atoms with Gasteiger partial charge in [-0.2, -0.15) is 9.78 Å². The molecule has 0 unspecified atom stereocenters. The summed E-state index contributed by atoms with van der Waals surface area (Å²) in [5.74, 6) is 2.44. The van der Waals surface area contributed by atoms with Crippen molar-refractivity contribution < 1.29 is 4.74 Å². The minimum atomic E-state index is 0.0365. The van der Waals surface area contributed by atoms with Gasteiger partial charge in [0, 0.05) is 16.7 Å². The minimum Gasteiger partial charge on any atom is -0.491 e. The van der Waals surface area contributed by atoms with Crippen LogP contribution in [0.25, 0.3) is 11.4 Å². The van der Waals surface area contributed by atoms with E-state index in [0.29, 0.717) is 0 Å². The third-order valence-electron chi connectivity index (χ3n) is 3.50. The Bertz CT molecular complexity index is 743. The second-order valence-electron chi connectivity index (χ2n) is 6.90. The number of ether oxygens (including phenoxy) is 1. The molecule has 1 aliphatic heterocycles. The maximum atomic E-state index is 5.77. The summed E-state index contributed by atoms with van der Waals surface area (Å²) in [6, 6.07) is 7.92. The summed E-state index contributed by atoms with van der Waals surface area (Å²) in [5.41, 5.74) is 2.14. The van der Waals surface area contributed by atoms with Crippen LogP contribution in [0.15, 0.2) is 34.5 Å². The number of aromatic nitrogens is 3. The van der Waals surface area contributed by atoms with Crippen molar-refractivity contribution in [3.8, 4) is 17.1 Å². The number of rotatable bonds is 3. The molecular formula is C17H22N4OS. The standard InChI is InChI=1S/C17H22N4OS/c1-11(2)22-13-8-6-7-12(9-13)15-18-19-16-21(15)20-14(10-23-16)17(3,4)5/h6-9,11H,10H2,1-5H3. The maximum absolute atomic E-state index is 5.77. The first-order valence-corrected chi connectivity index (χ1v) is 8.77. The van der Waals surface area contributed by atoms with Crippen LogP contribution in [0.2, 0.25) is 0 Å². The number of fused-ring (bicyclic) bond motifs is 1. The van der Waals surface area contributed by atoms with Crippen molar-refractivity contribution in [2.45, 2.75) is 45.9 Å². The van der Waals surface area contributed by atoms with Gasteiger partial charge in [-0.15, -0.1) is 10.2 Å². The van der Waals surface area contributed by atoms with Gasteiger partial charge in [0.1, 0.15) is 5.75 Å². The van der Waals surface area contributed by atoms with Gasteiger partial charge >= 0.3 is 0 Å². The minimum absolute atomic E-state index is 0.0365. The molecule has 3 rings (SSSR count). The van der Waals surface area contributed by atoms with Gasteiger partial charge in [0.05, 0.1) is 11.8 Å². The van der Waals surface area contributed by atoms with Gasteiger partial charge in [0.2, 0.25) is 5.16 Å². The van der Waals surface area contributed by atoms with E-state index in [0.717, 1.165) is 33.8 Å². The quantitative estimate of drug-likeness (QED) is 0.850. The Labute approximate surface area is 141 Å². The van der Waals surface area contributed by atoms with Crippen molar-refractivity contribution in [2.24, 2.45) is 10.5 Å². The smallest absolute Gasteiger partial charge is 0.212 e. The summed E-state index contributed by atoms with van der Waals surface area (Å²) in [6.07, 6.45) is 0.138. The molecule has 0 spiro atoms. The third-order valence-corrected chi connectivity index (χ3v) is 4.43. The van der Waals surface area contributed by atoms with Crippen molar-refractivity contribution in [3.05, 3.63) is 24.3 Å². The zero-order chi connectivity index (χ0) is 16.6. The highest BCUT2D eigenvalue weighted by Gasteiger charge is 2.26. The van der Waals surface area contributed by atoms with Crippen LogP contribution in [0.4, 0.5) is 0 Å². The second-order valence-corrected chi connectivity index (χ2v) is 7.84. The summed E-state index contributed by atoms with van der Waals surface area (Å²) < 4.78 is 7.62. The van der Waals surface area contributed by atoms with Crippen LogP contribution in [-0.2, 0) is 0 Å². The van der Waals surface area contributed by atoms with E-state index in [2.05, 4.69) is 31.0 Å². The molecule has 122 valence electrons. The number of thioether (sulfide) groups is 1. The topological polar surface area (TPSA) is 52.3 Å². The second kappa shape index (κ2) is 6.00. The molecule has 2 heterocycles. The molecule has 0 fully saturated rings. The van der Waals surface area contributed by atoms with Gasteiger partial charge in [-0.1, -0.05) is 44.7 Å². The van der Waals surface area contributed by atoms with E-state index in [1.54, 1.807) is 11.8 Å². The van der Waals surface area contributed by atoms with Gasteiger partial charge < -0.3 is 4.74 Å². The van der Waals surface area contributed by atoms with Crippen LogP contribution in [0.1, 0.15) is 34.6 Å². The Balaban J connectivity index is 2.01. The lowest BCUT2D eigenvalue weighted by molar-refractivity contribution is 0.242. The summed E-state index contributed by atoms with van der Waals surface area (Å²) in [4.78, 5) is 0. The van der Waals surface area contributed by atoms with Crippen molar-refractivity contribution in [1.29, 1.82) is 0 Å².